The van der Waals surface area contributed by atoms with E-state index in [2.05, 4.69) is 0 Å². The Balaban J connectivity index is 1.62. The zero-order chi connectivity index (χ0) is 22.1. The van der Waals surface area contributed by atoms with E-state index in [-0.39, 0.29) is 24.1 Å². The van der Waals surface area contributed by atoms with Crippen molar-refractivity contribution in [1.82, 2.24) is 14.5 Å². The summed E-state index contributed by atoms with van der Waals surface area (Å²) in [6.45, 7) is 3.39. The zero-order valence-corrected chi connectivity index (χ0v) is 17.8. The van der Waals surface area contributed by atoms with Crippen molar-refractivity contribution in [3.63, 3.8) is 0 Å². The number of aromatic nitrogens is 3. The average Bonchev–Trinajstić information content (AvgIpc) is 3.42. The minimum absolute atomic E-state index is 0.0773. The first-order valence-electron chi connectivity index (χ1n) is 10.7. The highest BCUT2D eigenvalue weighted by atomic mass is 16.6. The van der Waals surface area contributed by atoms with Gasteiger partial charge in [0.1, 0.15) is 29.3 Å². The first kappa shape index (κ1) is 20.3. The van der Waals surface area contributed by atoms with Gasteiger partial charge in [0, 0.05) is 12.3 Å². The van der Waals surface area contributed by atoms with Crippen LogP contribution in [0.3, 0.4) is 0 Å². The van der Waals surface area contributed by atoms with E-state index in [1.807, 2.05) is 55.5 Å². The quantitative estimate of drug-likeness (QED) is 0.461. The molecule has 0 unspecified atom stereocenters. The lowest BCUT2D eigenvalue weighted by atomic mass is 10.2. The van der Waals surface area contributed by atoms with Gasteiger partial charge in [0.05, 0.1) is 23.7 Å². The minimum Gasteiger partial charge on any atom is -0.494 e. The second-order valence-electron chi connectivity index (χ2n) is 7.64. The molecule has 1 atom stereocenters. The van der Waals surface area contributed by atoms with Crippen LogP contribution >= 0.6 is 0 Å². The topological polar surface area (TPSA) is 101 Å². The van der Waals surface area contributed by atoms with Crippen molar-refractivity contribution in [2.24, 2.45) is 0 Å². The molecule has 8 nitrogen and oxygen atoms in total. The van der Waals surface area contributed by atoms with E-state index in [1.54, 1.807) is 4.57 Å². The van der Waals surface area contributed by atoms with Crippen LogP contribution in [0.25, 0.3) is 27.9 Å². The number of ether oxygens (including phenoxy) is 3. The Kier molecular flexibility index (Phi) is 5.36. The zero-order valence-electron chi connectivity index (χ0n) is 17.8. The molecular weight excluding hydrogens is 408 g/mol. The van der Waals surface area contributed by atoms with Gasteiger partial charge in [-0.2, -0.15) is 0 Å². The molecule has 32 heavy (non-hydrogen) atoms. The number of benzene rings is 2. The maximum Gasteiger partial charge on any atom is 0.344 e. The van der Waals surface area contributed by atoms with E-state index in [0.29, 0.717) is 35.4 Å². The second-order valence-corrected chi connectivity index (χ2v) is 7.64. The number of hydrogen-bond donors (Lipinski definition) is 1. The van der Waals surface area contributed by atoms with Gasteiger partial charge in [0.2, 0.25) is 0 Å². The lowest BCUT2D eigenvalue weighted by molar-refractivity contribution is 0.0163. The standard InChI is InChI=1S/C24H24N4O4/c1-2-30-16-11-9-15(10-12-16)28-22(25)20(24(29)32-14-17-6-5-13-31-17)21-23(28)27-19-8-4-3-7-18(19)26-21/h3-4,7-12,17H,2,5-6,13-14,25H2,1H3/t17-/m1/s1. The lowest BCUT2D eigenvalue weighted by Crippen LogP contribution is -2.18. The number of esters is 1. The van der Waals surface area contributed by atoms with Crippen molar-refractivity contribution in [2.45, 2.75) is 25.9 Å². The van der Waals surface area contributed by atoms with Crippen molar-refractivity contribution < 1.29 is 19.0 Å². The number of nitrogens with zero attached hydrogens (tertiary/aromatic N) is 3. The number of fused-ring (bicyclic) bond motifs is 2. The fourth-order valence-electron chi connectivity index (χ4n) is 4.00. The molecule has 2 aromatic carbocycles. The third-order valence-corrected chi connectivity index (χ3v) is 5.53. The van der Waals surface area contributed by atoms with Crippen LogP contribution in [0.5, 0.6) is 5.75 Å². The Morgan fingerprint density at radius 3 is 2.59 bits per heavy atom. The van der Waals surface area contributed by atoms with Gasteiger partial charge in [-0.05, 0) is 56.2 Å². The van der Waals surface area contributed by atoms with Crippen LogP contribution in [-0.2, 0) is 9.47 Å². The highest BCUT2D eigenvalue weighted by Crippen LogP contribution is 2.32. The van der Waals surface area contributed by atoms with Crippen LogP contribution in [0.4, 0.5) is 5.82 Å². The fourth-order valence-corrected chi connectivity index (χ4v) is 4.00. The van der Waals surface area contributed by atoms with Gasteiger partial charge in [-0.1, -0.05) is 12.1 Å². The number of nitrogen functional groups attached to an aromatic ring is 1. The first-order chi connectivity index (χ1) is 15.7. The van der Waals surface area contributed by atoms with E-state index in [0.717, 1.165) is 24.3 Å². The Morgan fingerprint density at radius 2 is 1.91 bits per heavy atom. The van der Waals surface area contributed by atoms with Gasteiger partial charge >= 0.3 is 5.97 Å². The van der Waals surface area contributed by atoms with Crippen LogP contribution in [0, 0.1) is 0 Å². The lowest BCUT2D eigenvalue weighted by Gasteiger charge is -2.11. The van der Waals surface area contributed by atoms with Crippen LogP contribution in [0.15, 0.2) is 48.5 Å². The molecule has 5 rings (SSSR count). The summed E-state index contributed by atoms with van der Waals surface area (Å²) < 4.78 is 18.4. The van der Waals surface area contributed by atoms with E-state index in [1.165, 1.54) is 0 Å². The van der Waals surface area contributed by atoms with Gasteiger partial charge in [0.25, 0.3) is 0 Å². The first-order valence-corrected chi connectivity index (χ1v) is 10.7. The number of para-hydroxylation sites is 2. The van der Waals surface area contributed by atoms with Crippen molar-refractivity contribution in [2.75, 3.05) is 25.6 Å². The molecule has 2 N–H and O–H groups in total. The molecule has 8 heteroatoms. The molecule has 3 heterocycles. The molecule has 0 aliphatic carbocycles. The summed E-state index contributed by atoms with van der Waals surface area (Å²) in [4.78, 5) is 22.6. The third kappa shape index (κ3) is 3.62. The molecule has 0 saturated carbocycles. The SMILES string of the molecule is CCOc1ccc(-n2c(N)c(C(=O)OC[C@H]3CCCO3)c3nc4ccccc4nc32)cc1. The summed E-state index contributed by atoms with van der Waals surface area (Å²) in [5, 5.41) is 0. The Hall–Kier alpha value is -3.65. The summed E-state index contributed by atoms with van der Waals surface area (Å²) in [7, 11) is 0. The number of hydrogen-bond acceptors (Lipinski definition) is 7. The Bertz CT molecular complexity index is 1280. The van der Waals surface area contributed by atoms with Gasteiger partial charge in [-0.3, -0.25) is 4.57 Å². The summed E-state index contributed by atoms with van der Waals surface area (Å²) in [6.07, 6.45) is 1.77. The molecule has 0 spiro atoms. The molecule has 2 aromatic heterocycles. The van der Waals surface area contributed by atoms with Crippen molar-refractivity contribution in [3.05, 3.63) is 54.1 Å². The minimum atomic E-state index is -0.530. The molecule has 1 fully saturated rings. The average molecular weight is 432 g/mol. The molecule has 0 radical (unpaired) electrons. The summed E-state index contributed by atoms with van der Waals surface area (Å²) >= 11 is 0. The van der Waals surface area contributed by atoms with Crippen molar-refractivity contribution in [1.29, 1.82) is 0 Å². The van der Waals surface area contributed by atoms with E-state index in [9.17, 15) is 4.79 Å². The van der Waals surface area contributed by atoms with Gasteiger partial charge in [0.15, 0.2) is 5.65 Å². The Morgan fingerprint density at radius 1 is 1.16 bits per heavy atom. The van der Waals surface area contributed by atoms with E-state index >= 15 is 0 Å². The summed E-state index contributed by atoms with van der Waals surface area (Å²) in [5.41, 5.74) is 9.77. The number of nitrogens with two attached hydrogens (primary N) is 1. The van der Waals surface area contributed by atoms with Crippen LogP contribution in [0.2, 0.25) is 0 Å². The van der Waals surface area contributed by atoms with E-state index < -0.39 is 5.97 Å². The van der Waals surface area contributed by atoms with E-state index in [4.69, 9.17) is 29.9 Å². The predicted molar refractivity (Wildman–Crippen MR) is 121 cm³/mol. The van der Waals surface area contributed by atoms with Crippen molar-refractivity contribution >= 4 is 34.0 Å². The molecular formula is C24H24N4O4. The summed E-state index contributed by atoms with van der Waals surface area (Å²) in [5.74, 6) is 0.452. The maximum absolute atomic E-state index is 13.1. The molecule has 1 aliphatic rings. The molecule has 1 saturated heterocycles. The second kappa shape index (κ2) is 8.47. The molecule has 4 aromatic rings. The molecule has 164 valence electrons. The van der Waals surface area contributed by atoms with Crippen LogP contribution in [-0.4, -0.2) is 46.4 Å². The monoisotopic (exact) mass is 432 g/mol. The van der Waals surface area contributed by atoms with Crippen LogP contribution in [0.1, 0.15) is 30.1 Å². The number of anilines is 1. The van der Waals surface area contributed by atoms with Crippen molar-refractivity contribution in [3.8, 4) is 11.4 Å². The normalized spacial score (nSPS) is 16.0. The Labute approximate surface area is 184 Å². The van der Waals surface area contributed by atoms with Gasteiger partial charge in [-0.25, -0.2) is 14.8 Å². The smallest absolute Gasteiger partial charge is 0.344 e. The molecule has 1 aliphatic heterocycles. The third-order valence-electron chi connectivity index (χ3n) is 5.53. The molecule has 0 amide bonds. The van der Waals surface area contributed by atoms with Gasteiger partial charge < -0.3 is 19.9 Å². The molecule has 0 bridgehead atoms. The largest absolute Gasteiger partial charge is 0.494 e. The maximum atomic E-state index is 13.1. The predicted octanol–water partition coefficient (Wildman–Crippen LogP) is 3.89. The van der Waals surface area contributed by atoms with Crippen LogP contribution < -0.4 is 10.5 Å². The highest BCUT2D eigenvalue weighted by Gasteiger charge is 2.27. The fraction of sp³-hybridized carbons (Fsp3) is 0.292. The summed E-state index contributed by atoms with van der Waals surface area (Å²) in [6, 6.07) is 15.0. The number of rotatable bonds is 6. The number of carbonyl (C=O) groups is 1. The number of carbonyl (C=O) groups excluding carboxylic acids is 1. The highest BCUT2D eigenvalue weighted by molar-refractivity contribution is 6.09. The van der Waals surface area contributed by atoms with Gasteiger partial charge in [-0.15, -0.1) is 0 Å².